The maximum absolute atomic E-state index is 12.4. The summed E-state index contributed by atoms with van der Waals surface area (Å²) in [6.45, 7) is 2.00. The number of nitrogens with zero attached hydrogens (tertiary/aromatic N) is 2. The van der Waals surface area contributed by atoms with Crippen LogP contribution in [-0.2, 0) is 4.79 Å². The smallest absolute Gasteiger partial charge is 0.230 e. The van der Waals surface area contributed by atoms with Crippen LogP contribution in [0.1, 0.15) is 18.5 Å². The first-order valence-electron chi connectivity index (χ1n) is 8.51. The van der Waals surface area contributed by atoms with Gasteiger partial charge in [-0.25, -0.2) is 9.97 Å². The van der Waals surface area contributed by atoms with Crippen molar-refractivity contribution in [1.29, 1.82) is 0 Å². The molecule has 4 aromatic rings. The summed E-state index contributed by atoms with van der Waals surface area (Å²) in [5.41, 5.74) is 2.45. The molecule has 0 spiro atoms. The van der Waals surface area contributed by atoms with Gasteiger partial charge in [-0.3, -0.25) is 4.79 Å². The van der Waals surface area contributed by atoms with E-state index < -0.39 is 0 Å². The predicted molar refractivity (Wildman–Crippen MR) is 110 cm³/mol. The minimum atomic E-state index is -0.0830. The van der Waals surface area contributed by atoms with Crippen molar-refractivity contribution in [2.45, 2.75) is 18.1 Å². The van der Waals surface area contributed by atoms with Gasteiger partial charge in [0.05, 0.1) is 22.3 Å². The van der Waals surface area contributed by atoms with Crippen molar-refractivity contribution in [1.82, 2.24) is 20.3 Å². The molecular formula is C20H17ClN4OS. The summed E-state index contributed by atoms with van der Waals surface area (Å²) < 4.78 is 0. The number of benzene rings is 2. The second kappa shape index (κ2) is 7.58. The molecule has 0 unspecified atom stereocenters. The molecule has 0 aliphatic heterocycles. The standard InChI is InChI=1S/C20H17ClN4OS/c1-12(15-8-4-6-13-5-2-3-7-16(13)15)23-18(26)11-27-20-24-17-9-14(21)10-22-19(17)25-20/h2-10,12H,11H2,1H3,(H,23,26)(H,22,24,25)/t12-/m1/s1. The zero-order chi connectivity index (χ0) is 18.8. The maximum Gasteiger partial charge on any atom is 0.230 e. The molecule has 1 amide bonds. The average molecular weight is 397 g/mol. The van der Waals surface area contributed by atoms with Gasteiger partial charge < -0.3 is 10.3 Å². The monoisotopic (exact) mass is 396 g/mol. The number of amides is 1. The lowest BCUT2D eigenvalue weighted by Crippen LogP contribution is -2.28. The maximum atomic E-state index is 12.4. The summed E-state index contributed by atoms with van der Waals surface area (Å²) in [5.74, 6) is 0.217. The molecule has 2 aromatic heterocycles. The third-order valence-electron chi connectivity index (χ3n) is 4.29. The molecule has 2 N–H and O–H groups in total. The van der Waals surface area contributed by atoms with Gasteiger partial charge in [-0.2, -0.15) is 0 Å². The van der Waals surface area contributed by atoms with E-state index in [9.17, 15) is 4.79 Å². The molecular weight excluding hydrogens is 380 g/mol. The number of halogens is 1. The second-order valence-corrected chi connectivity index (χ2v) is 7.61. The van der Waals surface area contributed by atoms with Gasteiger partial charge in [0.1, 0.15) is 0 Å². The summed E-state index contributed by atoms with van der Waals surface area (Å²) in [6, 6.07) is 16.0. The summed E-state index contributed by atoms with van der Waals surface area (Å²) in [4.78, 5) is 24.0. The Morgan fingerprint density at radius 1 is 1.26 bits per heavy atom. The van der Waals surface area contributed by atoms with Gasteiger partial charge in [0, 0.05) is 6.20 Å². The molecule has 0 aliphatic carbocycles. The van der Waals surface area contributed by atoms with Gasteiger partial charge in [0.25, 0.3) is 0 Å². The van der Waals surface area contributed by atoms with E-state index in [2.05, 4.69) is 44.5 Å². The number of carbonyl (C=O) groups excluding carboxylic acids is 1. The van der Waals surface area contributed by atoms with Crippen molar-refractivity contribution in [3.05, 3.63) is 65.3 Å². The number of aromatic amines is 1. The second-order valence-electron chi connectivity index (χ2n) is 6.21. The molecule has 7 heteroatoms. The fraction of sp³-hybridized carbons (Fsp3) is 0.150. The Morgan fingerprint density at radius 3 is 2.96 bits per heavy atom. The van der Waals surface area contributed by atoms with Crippen LogP contribution < -0.4 is 5.32 Å². The van der Waals surface area contributed by atoms with Crippen LogP contribution in [-0.4, -0.2) is 26.6 Å². The van der Waals surface area contributed by atoms with Crippen LogP contribution in [0.3, 0.4) is 0 Å². The Bertz CT molecular complexity index is 1120. The lowest BCUT2D eigenvalue weighted by Gasteiger charge is -2.16. The van der Waals surface area contributed by atoms with E-state index in [1.54, 1.807) is 12.3 Å². The molecule has 0 fully saturated rings. The molecule has 5 nitrogen and oxygen atoms in total. The lowest BCUT2D eigenvalue weighted by atomic mass is 10.00. The van der Waals surface area contributed by atoms with Crippen LogP contribution in [0.2, 0.25) is 5.02 Å². The van der Waals surface area contributed by atoms with Crippen molar-refractivity contribution in [2.75, 3.05) is 5.75 Å². The zero-order valence-electron chi connectivity index (χ0n) is 14.6. The van der Waals surface area contributed by atoms with Gasteiger partial charge in [-0.05, 0) is 29.3 Å². The highest BCUT2D eigenvalue weighted by molar-refractivity contribution is 7.99. The number of H-pyrrole nitrogens is 1. The van der Waals surface area contributed by atoms with E-state index in [1.165, 1.54) is 17.1 Å². The van der Waals surface area contributed by atoms with E-state index >= 15 is 0 Å². The fourth-order valence-corrected chi connectivity index (χ4v) is 3.89. The van der Waals surface area contributed by atoms with Gasteiger partial charge in [0.15, 0.2) is 10.8 Å². The first-order chi connectivity index (χ1) is 13.1. The third kappa shape index (κ3) is 3.91. The largest absolute Gasteiger partial charge is 0.349 e. The Balaban J connectivity index is 1.42. The molecule has 27 heavy (non-hydrogen) atoms. The number of carbonyl (C=O) groups is 1. The Hall–Kier alpha value is -2.57. The quantitative estimate of drug-likeness (QED) is 0.478. The summed E-state index contributed by atoms with van der Waals surface area (Å²) >= 11 is 7.27. The van der Waals surface area contributed by atoms with Crippen molar-refractivity contribution in [3.8, 4) is 0 Å². The van der Waals surface area contributed by atoms with Gasteiger partial charge in [-0.1, -0.05) is 65.8 Å². The Morgan fingerprint density at radius 2 is 2.07 bits per heavy atom. The number of fused-ring (bicyclic) bond motifs is 2. The number of imidazole rings is 1. The molecule has 4 rings (SSSR count). The highest BCUT2D eigenvalue weighted by Gasteiger charge is 2.13. The molecule has 1 atom stereocenters. The van der Waals surface area contributed by atoms with Crippen molar-refractivity contribution in [2.24, 2.45) is 0 Å². The van der Waals surface area contributed by atoms with Gasteiger partial charge in [0.2, 0.25) is 5.91 Å². The molecule has 0 radical (unpaired) electrons. The van der Waals surface area contributed by atoms with Gasteiger partial charge >= 0.3 is 0 Å². The van der Waals surface area contributed by atoms with Crippen LogP contribution in [0.15, 0.2) is 59.9 Å². The van der Waals surface area contributed by atoms with E-state index in [0.29, 0.717) is 15.8 Å². The van der Waals surface area contributed by atoms with Crippen LogP contribution in [0.5, 0.6) is 0 Å². The number of hydrogen-bond donors (Lipinski definition) is 2. The van der Waals surface area contributed by atoms with E-state index in [0.717, 1.165) is 16.5 Å². The average Bonchev–Trinajstić information content (AvgIpc) is 3.08. The molecule has 2 aromatic carbocycles. The highest BCUT2D eigenvalue weighted by atomic mass is 35.5. The number of rotatable bonds is 5. The molecule has 2 heterocycles. The lowest BCUT2D eigenvalue weighted by molar-refractivity contribution is -0.119. The number of hydrogen-bond acceptors (Lipinski definition) is 4. The SMILES string of the molecule is C[C@@H](NC(=O)CSc1nc2ncc(Cl)cc2[nH]1)c1cccc2ccccc12. The first-order valence-corrected chi connectivity index (χ1v) is 9.87. The molecule has 0 saturated carbocycles. The van der Waals surface area contributed by atoms with Crippen LogP contribution in [0, 0.1) is 0 Å². The van der Waals surface area contributed by atoms with Gasteiger partial charge in [-0.15, -0.1) is 0 Å². The van der Waals surface area contributed by atoms with E-state index in [4.69, 9.17) is 11.6 Å². The Labute approximate surface area is 165 Å². The molecule has 0 saturated heterocycles. The fourth-order valence-electron chi connectivity index (χ4n) is 3.04. The van der Waals surface area contributed by atoms with Crippen molar-refractivity contribution in [3.63, 3.8) is 0 Å². The third-order valence-corrected chi connectivity index (χ3v) is 5.37. The minimum absolute atomic E-state index is 0.0492. The van der Waals surface area contributed by atoms with Crippen molar-refractivity contribution < 1.29 is 4.79 Å². The van der Waals surface area contributed by atoms with Crippen LogP contribution in [0.4, 0.5) is 0 Å². The summed E-state index contributed by atoms with van der Waals surface area (Å²) in [7, 11) is 0. The zero-order valence-corrected chi connectivity index (χ0v) is 16.1. The number of thioether (sulfide) groups is 1. The van der Waals surface area contributed by atoms with Crippen LogP contribution in [0.25, 0.3) is 21.9 Å². The molecule has 136 valence electrons. The normalized spacial score (nSPS) is 12.4. The van der Waals surface area contributed by atoms with Crippen molar-refractivity contribution >= 4 is 51.2 Å². The van der Waals surface area contributed by atoms with E-state index in [-0.39, 0.29) is 17.7 Å². The number of aromatic nitrogens is 3. The topological polar surface area (TPSA) is 70.7 Å². The summed E-state index contributed by atoms with van der Waals surface area (Å²) in [5, 5.41) is 6.57. The predicted octanol–water partition coefficient (Wildman–Crippen LogP) is 4.73. The summed E-state index contributed by atoms with van der Waals surface area (Å²) in [6.07, 6.45) is 1.55. The first kappa shape index (κ1) is 17.8. The minimum Gasteiger partial charge on any atom is -0.349 e. The molecule has 0 aliphatic rings. The molecule has 0 bridgehead atoms. The number of pyridine rings is 1. The Kier molecular flexibility index (Phi) is 5.01. The highest BCUT2D eigenvalue weighted by Crippen LogP contribution is 2.25. The number of nitrogens with one attached hydrogen (secondary N) is 2. The van der Waals surface area contributed by atoms with E-state index in [1.807, 2.05) is 25.1 Å². The van der Waals surface area contributed by atoms with Crippen LogP contribution >= 0.6 is 23.4 Å².